The number of carboxylic acid groups (broad SMARTS) is 1. The standard InChI is InChI=1S/C15H19NO4S/c1-19-13-3-2-9(5-14(13)20-11-7-21-8-11)12-4-10(6-16-12)15(17)18/h2-3,5,10-12,16H,4,6-8H2,1H3,(H,17,18). The molecule has 2 atom stereocenters. The Hall–Kier alpha value is -1.40. The fourth-order valence-electron chi connectivity index (χ4n) is 2.64. The summed E-state index contributed by atoms with van der Waals surface area (Å²) in [7, 11) is 1.63. The number of nitrogens with one attached hydrogen (secondary N) is 1. The van der Waals surface area contributed by atoms with Gasteiger partial charge in [0.15, 0.2) is 11.5 Å². The van der Waals surface area contributed by atoms with Gasteiger partial charge in [-0.25, -0.2) is 0 Å². The summed E-state index contributed by atoms with van der Waals surface area (Å²) in [5, 5.41) is 12.4. The summed E-state index contributed by atoms with van der Waals surface area (Å²) < 4.78 is 11.3. The van der Waals surface area contributed by atoms with Crippen molar-refractivity contribution in [2.75, 3.05) is 25.2 Å². The zero-order chi connectivity index (χ0) is 14.8. The Balaban J connectivity index is 1.76. The molecule has 3 rings (SSSR count). The highest BCUT2D eigenvalue weighted by Gasteiger charge is 2.31. The van der Waals surface area contributed by atoms with Gasteiger partial charge >= 0.3 is 5.97 Å². The van der Waals surface area contributed by atoms with Gasteiger partial charge < -0.3 is 19.9 Å². The molecule has 5 nitrogen and oxygen atoms in total. The normalized spacial score (nSPS) is 25.4. The molecule has 1 aromatic rings. The number of carbonyl (C=O) groups is 1. The quantitative estimate of drug-likeness (QED) is 0.866. The van der Waals surface area contributed by atoms with Crippen LogP contribution in [0.25, 0.3) is 0 Å². The second kappa shape index (κ2) is 6.15. The highest BCUT2D eigenvalue weighted by Crippen LogP contribution is 2.36. The molecule has 2 fully saturated rings. The molecule has 0 saturated carbocycles. The molecule has 0 aliphatic carbocycles. The van der Waals surface area contributed by atoms with E-state index < -0.39 is 5.97 Å². The van der Waals surface area contributed by atoms with E-state index in [9.17, 15) is 4.79 Å². The van der Waals surface area contributed by atoms with E-state index >= 15 is 0 Å². The van der Waals surface area contributed by atoms with Crippen molar-refractivity contribution in [3.8, 4) is 11.5 Å². The van der Waals surface area contributed by atoms with Gasteiger partial charge in [-0.1, -0.05) is 6.07 Å². The second-order valence-electron chi connectivity index (χ2n) is 5.42. The van der Waals surface area contributed by atoms with Gasteiger partial charge in [-0.15, -0.1) is 0 Å². The van der Waals surface area contributed by atoms with Crippen molar-refractivity contribution in [3.05, 3.63) is 23.8 Å². The largest absolute Gasteiger partial charge is 0.493 e. The van der Waals surface area contributed by atoms with Crippen LogP contribution in [0.5, 0.6) is 11.5 Å². The van der Waals surface area contributed by atoms with Gasteiger partial charge in [0.2, 0.25) is 0 Å². The molecule has 6 heteroatoms. The van der Waals surface area contributed by atoms with Gasteiger partial charge in [0.05, 0.1) is 13.0 Å². The first kappa shape index (κ1) is 14.5. The Morgan fingerprint density at radius 3 is 2.76 bits per heavy atom. The summed E-state index contributed by atoms with van der Waals surface area (Å²) in [6.45, 7) is 0.515. The maximum Gasteiger partial charge on any atom is 0.307 e. The average molecular weight is 309 g/mol. The Kier molecular flexibility index (Phi) is 4.26. The van der Waals surface area contributed by atoms with Gasteiger partial charge in [-0.05, 0) is 24.1 Å². The minimum absolute atomic E-state index is 0.0649. The van der Waals surface area contributed by atoms with Crippen LogP contribution in [-0.4, -0.2) is 42.3 Å². The molecule has 1 aromatic carbocycles. The van der Waals surface area contributed by atoms with Crippen LogP contribution in [0.15, 0.2) is 18.2 Å². The number of hydrogen-bond acceptors (Lipinski definition) is 5. The number of ether oxygens (including phenoxy) is 2. The third-order valence-corrected chi connectivity index (χ3v) is 5.19. The molecule has 2 N–H and O–H groups in total. The molecule has 21 heavy (non-hydrogen) atoms. The SMILES string of the molecule is COc1ccc(C2CC(C(=O)O)CN2)cc1OC1CSC1. The summed E-state index contributed by atoms with van der Waals surface area (Å²) in [4.78, 5) is 11.1. The highest BCUT2D eigenvalue weighted by molar-refractivity contribution is 8.00. The first-order valence-electron chi connectivity index (χ1n) is 7.06. The van der Waals surface area contributed by atoms with Crippen molar-refractivity contribution in [1.29, 1.82) is 0 Å². The van der Waals surface area contributed by atoms with E-state index in [2.05, 4.69) is 5.32 Å². The van der Waals surface area contributed by atoms with Crippen molar-refractivity contribution < 1.29 is 19.4 Å². The molecule has 2 heterocycles. The molecule has 0 radical (unpaired) electrons. The van der Waals surface area contributed by atoms with E-state index in [1.807, 2.05) is 30.0 Å². The maximum absolute atomic E-state index is 11.1. The fraction of sp³-hybridized carbons (Fsp3) is 0.533. The number of carboxylic acids is 1. The van der Waals surface area contributed by atoms with Crippen LogP contribution in [0.1, 0.15) is 18.0 Å². The molecule has 2 saturated heterocycles. The molecule has 114 valence electrons. The second-order valence-corrected chi connectivity index (χ2v) is 6.49. The number of thioether (sulfide) groups is 1. The van der Waals surface area contributed by atoms with E-state index in [1.54, 1.807) is 7.11 Å². The molecular weight excluding hydrogens is 290 g/mol. The van der Waals surface area contributed by atoms with Crippen molar-refractivity contribution in [2.45, 2.75) is 18.6 Å². The van der Waals surface area contributed by atoms with Crippen molar-refractivity contribution in [3.63, 3.8) is 0 Å². The molecule has 2 unspecified atom stereocenters. The molecular formula is C15H19NO4S. The van der Waals surface area contributed by atoms with Gasteiger partial charge in [0.25, 0.3) is 0 Å². The van der Waals surface area contributed by atoms with Gasteiger partial charge in [-0.2, -0.15) is 11.8 Å². The first-order chi connectivity index (χ1) is 10.2. The van der Waals surface area contributed by atoms with Crippen LogP contribution >= 0.6 is 11.8 Å². The summed E-state index contributed by atoms with van der Waals surface area (Å²) in [5.41, 5.74) is 1.06. The third-order valence-electron chi connectivity index (χ3n) is 3.97. The number of methoxy groups -OCH3 is 1. The Morgan fingerprint density at radius 1 is 1.38 bits per heavy atom. The molecule has 0 spiro atoms. The number of hydrogen-bond donors (Lipinski definition) is 2. The number of benzene rings is 1. The van der Waals surface area contributed by atoms with Gasteiger partial charge in [-0.3, -0.25) is 4.79 Å². The van der Waals surface area contributed by atoms with E-state index in [1.165, 1.54) is 0 Å². The van der Waals surface area contributed by atoms with E-state index in [4.69, 9.17) is 14.6 Å². The Morgan fingerprint density at radius 2 is 2.19 bits per heavy atom. The molecule has 0 aromatic heterocycles. The average Bonchev–Trinajstić information content (AvgIpc) is 2.92. The maximum atomic E-state index is 11.1. The smallest absolute Gasteiger partial charge is 0.307 e. The predicted molar refractivity (Wildman–Crippen MR) is 81.2 cm³/mol. The number of rotatable bonds is 5. The van der Waals surface area contributed by atoms with E-state index in [-0.39, 0.29) is 18.1 Å². The molecule has 2 aliphatic heterocycles. The van der Waals surface area contributed by atoms with Crippen molar-refractivity contribution in [1.82, 2.24) is 5.32 Å². The predicted octanol–water partition coefficient (Wildman–Crippen LogP) is 1.92. The zero-order valence-electron chi connectivity index (χ0n) is 11.9. The first-order valence-corrected chi connectivity index (χ1v) is 8.21. The minimum atomic E-state index is -0.735. The van der Waals surface area contributed by atoms with E-state index in [0.29, 0.717) is 13.0 Å². The summed E-state index contributed by atoms with van der Waals surface area (Å²) in [6, 6.07) is 5.91. The third kappa shape index (κ3) is 3.11. The number of aliphatic carboxylic acids is 1. The van der Waals surface area contributed by atoms with Gasteiger partial charge in [0.1, 0.15) is 6.10 Å². The van der Waals surface area contributed by atoms with Crippen LogP contribution in [0, 0.1) is 5.92 Å². The van der Waals surface area contributed by atoms with E-state index in [0.717, 1.165) is 28.6 Å². The van der Waals surface area contributed by atoms with Crippen LogP contribution in [0.4, 0.5) is 0 Å². The fourth-order valence-corrected chi connectivity index (χ4v) is 3.21. The van der Waals surface area contributed by atoms with Crippen LogP contribution in [-0.2, 0) is 4.79 Å². The van der Waals surface area contributed by atoms with Crippen molar-refractivity contribution in [2.24, 2.45) is 5.92 Å². The lowest BCUT2D eigenvalue weighted by Gasteiger charge is -2.27. The monoisotopic (exact) mass is 309 g/mol. The summed E-state index contributed by atoms with van der Waals surface area (Å²) >= 11 is 1.87. The summed E-state index contributed by atoms with van der Waals surface area (Å²) in [5.74, 6) is 2.45. The van der Waals surface area contributed by atoms with Crippen LogP contribution < -0.4 is 14.8 Å². The molecule has 0 amide bonds. The van der Waals surface area contributed by atoms with Crippen molar-refractivity contribution >= 4 is 17.7 Å². The molecule has 2 aliphatic rings. The lowest BCUT2D eigenvalue weighted by Crippen LogP contribution is -2.31. The minimum Gasteiger partial charge on any atom is -0.493 e. The lowest BCUT2D eigenvalue weighted by molar-refractivity contribution is -0.141. The zero-order valence-corrected chi connectivity index (χ0v) is 12.7. The topological polar surface area (TPSA) is 67.8 Å². The Bertz CT molecular complexity index is 532. The molecule has 0 bridgehead atoms. The van der Waals surface area contributed by atoms with Crippen LogP contribution in [0.3, 0.4) is 0 Å². The van der Waals surface area contributed by atoms with Gasteiger partial charge in [0, 0.05) is 24.1 Å². The lowest BCUT2D eigenvalue weighted by atomic mass is 10.00. The summed E-state index contributed by atoms with van der Waals surface area (Å²) in [6.07, 6.45) is 0.864. The Labute approximate surface area is 128 Å². The highest BCUT2D eigenvalue weighted by atomic mass is 32.2. The van der Waals surface area contributed by atoms with Crippen LogP contribution in [0.2, 0.25) is 0 Å².